The Kier molecular flexibility index (Phi) is 12.3. The van der Waals surface area contributed by atoms with Crippen molar-refractivity contribution in [2.45, 2.75) is 11.8 Å². The molecule has 0 saturated carbocycles. The highest BCUT2D eigenvalue weighted by Crippen LogP contribution is 2.57. The van der Waals surface area contributed by atoms with Gasteiger partial charge < -0.3 is 9.13 Å². The van der Waals surface area contributed by atoms with Gasteiger partial charge in [0.25, 0.3) is 0 Å². The van der Waals surface area contributed by atoms with Crippen molar-refractivity contribution in [1.29, 1.82) is 0 Å². The van der Waals surface area contributed by atoms with Crippen molar-refractivity contribution in [3.8, 4) is 101 Å². The predicted molar refractivity (Wildman–Crippen MR) is 385 cm³/mol. The molecule has 13 aromatic carbocycles. The molecule has 4 heterocycles. The average Bonchev–Trinajstić information content (AvgIpc) is 0.992. The van der Waals surface area contributed by atoms with Gasteiger partial charge in [-0.3, -0.25) is 0 Å². The van der Waals surface area contributed by atoms with Crippen molar-refractivity contribution in [3.05, 3.63) is 361 Å². The van der Waals surface area contributed by atoms with Gasteiger partial charge in [0.05, 0.1) is 44.8 Å². The summed E-state index contributed by atoms with van der Waals surface area (Å²) in [6, 6.07) is 118. The molecule has 438 valence electrons. The highest BCUT2D eigenvalue weighted by atomic mass is 15.0. The number of hydrogen-bond donors (Lipinski definition) is 0. The van der Waals surface area contributed by atoms with Gasteiger partial charge in [-0.2, -0.15) is 0 Å². The monoisotopic (exact) mass is 1200 g/mol. The summed E-state index contributed by atoms with van der Waals surface area (Å²) >= 11 is 0. The molecular weight excluding hydrogens is 1140 g/mol. The third-order valence-electron chi connectivity index (χ3n) is 19.5. The van der Waals surface area contributed by atoms with Crippen molar-refractivity contribution >= 4 is 43.6 Å². The van der Waals surface area contributed by atoms with Crippen molar-refractivity contribution in [2.75, 3.05) is 0 Å². The summed E-state index contributed by atoms with van der Waals surface area (Å²) in [6.45, 7) is 0. The maximum Gasteiger partial charge on any atom is 0.160 e. The largest absolute Gasteiger partial charge is 0.309 e. The van der Waals surface area contributed by atoms with Gasteiger partial charge in [0.1, 0.15) is 0 Å². The predicted octanol–water partition coefficient (Wildman–Crippen LogP) is 21.8. The number of para-hydroxylation sites is 4. The lowest BCUT2D eigenvalue weighted by molar-refractivity contribution is 0.755. The maximum absolute atomic E-state index is 5.40. The number of benzene rings is 13. The van der Waals surface area contributed by atoms with Crippen molar-refractivity contribution < 1.29 is 0 Å². The van der Waals surface area contributed by atoms with E-state index >= 15 is 0 Å². The Labute approximate surface area is 543 Å². The number of hydrogen-bond acceptors (Lipinski definition) is 4. The summed E-state index contributed by atoms with van der Waals surface area (Å²) in [6.07, 6.45) is 0. The summed E-state index contributed by atoms with van der Waals surface area (Å²) in [5, 5.41) is 4.89. The van der Waals surface area contributed by atoms with Crippen LogP contribution in [0.3, 0.4) is 0 Å². The van der Waals surface area contributed by atoms with Gasteiger partial charge in [0.15, 0.2) is 11.6 Å². The Bertz CT molecular complexity index is 5510. The second-order valence-corrected chi connectivity index (χ2v) is 24.8. The summed E-state index contributed by atoms with van der Waals surface area (Å²) in [5.74, 6) is 1.41. The third kappa shape index (κ3) is 8.79. The highest BCUT2D eigenvalue weighted by Gasteiger charge is 2.41. The number of rotatable bonds is 10. The molecule has 94 heavy (non-hydrogen) atoms. The first-order valence-electron chi connectivity index (χ1n) is 32.2. The average molecular weight is 1200 g/mol. The minimum absolute atomic E-state index is 0.0172. The van der Waals surface area contributed by atoms with Crippen LogP contribution in [0.2, 0.25) is 0 Å². The van der Waals surface area contributed by atoms with E-state index in [-0.39, 0.29) is 11.8 Å². The van der Waals surface area contributed by atoms with Gasteiger partial charge in [0.2, 0.25) is 0 Å². The van der Waals surface area contributed by atoms with Crippen LogP contribution < -0.4 is 0 Å². The molecule has 6 heteroatoms. The molecule has 0 fully saturated rings. The smallest absolute Gasteiger partial charge is 0.160 e. The van der Waals surface area contributed by atoms with Crippen LogP contribution in [-0.4, -0.2) is 29.1 Å². The lowest BCUT2D eigenvalue weighted by Gasteiger charge is -2.42. The van der Waals surface area contributed by atoms with E-state index in [0.29, 0.717) is 11.6 Å². The van der Waals surface area contributed by atoms with Crippen LogP contribution in [0.1, 0.15) is 45.2 Å². The molecule has 0 amide bonds. The molecule has 2 bridgehead atoms. The lowest BCUT2D eigenvalue weighted by atomic mass is 9.60. The molecular formula is C88H56N6. The minimum Gasteiger partial charge on any atom is -0.309 e. The molecule has 6 nitrogen and oxygen atoms in total. The van der Waals surface area contributed by atoms with Crippen LogP contribution >= 0.6 is 0 Å². The Morgan fingerprint density at radius 3 is 0.926 bits per heavy atom. The van der Waals surface area contributed by atoms with E-state index in [0.717, 1.165) is 89.8 Å². The van der Waals surface area contributed by atoms with E-state index in [2.05, 4.69) is 325 Å². The van der Waals surface area contributed by atoms with Gasteiger partial charge in [0, 0.05) is 78.1 Å². The van der Waals surface area contributed by atoms with Crippen LogP contribution in [0, 0.1) is 0 Å². The molecule has 0 saturated heterocycles. The van der Waals surface area contributed by atoms with Crippen LogP contribution in [0.25, 0.3) is 145 Å². The Hall–Kier alpha value is -12.4. The molecule has 20 rings (SSSR count). The van der Waals surface area contributed by atoms with E-state index in [1.165, 1.54) is 77.0 Å². The quantitative estimate of drug-likeness (QED) is 0.137. The molecule has 4 aromatic heterocycles. The van der Waals surface area contributed by atoms with Crippen LogP contribution in [-0.2, 0) is 0 Å². The molecule has 3 aliphatic carbocycles. The van der Waals surface area contributed by atoms with E-state index in [1.807, 2.05) is 12.1 Å². The van der Waals surface area contributed by atoms with Gasteiger partial charge in [-0.15, -0.1) is 0 Å². The molecule has 3 aliphatic rings. The van der Waals surface area contributed by atoms with E-state index in [4.69, 9.17) is 19.9 Å². The standard InChI is InChI=1S/C88H56N6/c1-5-21-55(22-6-1)87-89-77(61-27-19-25-57(47-61)59-41-45-83-73(49-59)67-33-15-17-37-81(67)93(83)65-29-9-3-10-30-65)53-79(91-87)63-39-43-71-75(51-63)85-69-35-13-14-36-70(69)86(71)76-52-64(40-44-72(76)85)80-54-78(90-88(92-80)56-23-7-2-8-24-56)62-28-20-26-58(48-62)60-42-46-84-74(50-60)68-34-16-18-38-82(68)94(84)66-31-11-4-12-32-66/h1-54,85-86H. The summed E-state index contributed by atoms with van der Waals surface area (Å²) in [4.78, 5) is 21.5. The molecule has 2 atom stereocenters. The third-order valence-corrected chi connectivity index (χ3v) is 19.5. The second kappa shape index (κ2) is 21.7. The van der Waals surface area contributed by atoms with E-state index < -0.39 is 0 Å². The Balaban J connectivity index is 0.689. The second-order valence-electron chi connectivity index (χ2n) is 24.8. The number of nitrogens with zero attached hydrogens (tertiary/aromatic N) is 6. The molecule has 0 radical (unpaired) electrons. The fourth-order valence-electron chi connectivity index (χ4n) is 15.2. The first-order valence-corrected chi connectivity index (χ1v) is 32.2. The molecule has 0 N–H and O–H groups in total. The Morgan fingerprint density at radius 2 is 0.500 bits per heavy atom. The van der Waals surface area contributed by atoms with Gasteiger partial charge in [-0.05, 0) is 153 Å². The topological polar surface area (TPSA) is 61.4 Å². The SMILES string of the molecule is c1ccc(-c2nc(-c3cccc(-c4ccc5c(c4)c4ccccc4n5-c4ccccc4)c3)cc(-c3ccc4c(c3)C3c5ccccc5C4c4cc(-c5cc(-c6cccc(-c7ccc8c(c7)c7ccccc7n8-c7ccccc7)c6)nc(-c6ccccc6)n5)ccc43)n2)cc1. The zero-order valence-corrected chi connectivity index (χ0v) is 51.0. The van der Waals surface area contributed by atoms with Crippen molar-refractivity contribution in [3.63, 3.8) is 0 Å². The van der Waals surface area contributed by atoms with Crippen LogP contribution in [0.4, 0.5) is 0 Å². The highest BCUT2D eigenvalue weighted by molar-refractivity contribution is 6.12. The van der Waals surface area contributed by atoms with Gasteiger partial charge in [-0.1, -0.05) is 231 Å². The Morgan fingerprint density at radius 1 is 0.191 bits per heavy atom. The number of aromatic nitrogens is 6. The first-order chi connectivity index (χ1) is 46.6. The number of fused-ring (bicyclic) bond motifs is 6. The van der Waals surface area contributed by atoms with E-state index in [9.17, 15) is 0 Å². The van der Waals surface area contributed by atoms with E-state index in [1.54, 1.807) is 0 Å². The molecule has 2 unspecified atom stereocenters. The zero-order chi connectivity index (χ0) is 61.8. The van der Waals surface area contributed by atoms with Gasteiger partial charge >= 0.3 is 0 Å². The van der Waals surface area contributed by atoms with Crippen molar-refractivity contribution in [2.24, 2.45) is 0 Å². The fraction of sp³-hybridized carbons (Fsp3) is 0.0227. The zero-order valence-electron chi connectivity index (χ0n) is 51.0. The van der Waals surface area contributed by atoms with Crippen LogP contribution in [0.15, 0.2) is 328 Å². The normalized spacial score (nSPS) is 13.7. The molecule has 17 aromatic rings. The maximum atomic E-state index is 5.40. The van der Waals surface area contributed by atoms with Crippen molar-refractivity contribution in [1.82, 2.24) is 29.1 Å². The first kappa shape index (κ1) is 53.5. The fourth-order valence-corrected chi connectivity index (χ4v) is 15.2. The van der Waals surface area contributed by atoms with Gasteiger partial charge in [-0.25, -0.2) is 19.9 Å². The summed E-state index contributed by atoms with van der Waals surface area (Å²) in [7, 11) is 0. The molecule has 0 aliphatic heterocycles. The lowest BCUT2D eigenvalue weighted by Crippen LogP contribution is -2.27. The minimum atomic E-state index is 0.0172. The summed E-state index contributed by atoms with van der Waals surface area (Å²) in [5.41, 5.74) is 29.1. The summed E-state index contributed by atoms with van der Waals surface area (Å²) < 4.78 is 4.73. The molecule has 0 spiro atoms. The van der Waals surface area contributed by atoms with Crippen LogP contribution in [0.5, 0.6) is 0 Å².